The number of pyridine rings is 1. The Morgan fingerprint density at radius 2 is 1.97 bits per heavy atom. The number of halogens is 4. The monoisotopic (exact) mass is 457 g/mol. The zero-order chi connectivity index (χ0) is 21.4. The number of ether oxygens (including phenoxy) is 2. The Hall–Kier alpha value is -2.65. The number of hydrogen-bond donors (Lipinski definition) is 2. The van der Waals surface area contributed by atoms with Crippen LogP contribution in [0.1, 0.15) is 29.6 Å². The lowest BCUT2D eigenvalue weighted by Crippen LogP contribution is -2.45. The van der Waals surface area contributed by atoms with E-state index in [0.29, 0.717) is 0 Å². The minimum Gasteiger partial charge on any atom is -0.474 e. The van der Waals surface area contributed by atoms with Gasteiger partial charge in [-0.2, -0.15) is 8.78 Å². The number of carbonyl (C=O) groups is 2. The van der Waals surface area contributed by atoms with Crippen LogP contribution in [0.25, 0.3) is 0 Å². The lowest BCUT2D eigenvalue weighted by Gasteiger charge is -2.36. The van der Waals surface area contributed by atoms with Crippen molar-refractivity contribution in [2.24, 2.45) is 5.92 Å². The molecule has 2 amide bonds. The third-order valence-electron chi connectivity index (χ3n) is 5.00. The number of alkyl halides is 2. The summed E-state index contributed by atoms with van der Waals surface area (Å²) in [5, 5.41) is 5.36. The van der Waals surface area contributed by atoms with Crippen molar-refractivity contribution in [1.82, 2.24) is 4.98 Å². The Bertz CT molecular complexity index is 997. The maximum absolute atomic E-state index is 12.9. The second kappa shape index (κ2) is 8.23. The smallest absolute Gasteiger partial charge is 0.387 e. The van der Waals surface area contributed by atoms with Crippen LogP contribution in [0.5, 0.6) is 11.5 Å². The predicted octanol–water partition coefficient (Wildman–Crippen LogP) is 4.74. The van der Waals surface area contributed by atoms with Crippen LogP contribution in [0.15, 0.2) is 24.5 Å². The van der Waals surface area contributed by atoms with Crippen LogP contribution in [0.2, 0.25) is 10.0 Å². The van der Waals surface area contributed by atoms with Gasteiger partial charge in [0.2, 0.25) is 0 Å². The van der Waals surface area contributed by atoms with Gasteiger partial charge >= 0.3 is 6.61 Å². The highest BCUT2D eigenvalue weighted by Crippen LogP contribution is 2.45. The van der Waals surface area contributed by atoms with E-state index in [1.807, 2.05) is 0 Å². The maximum Gasteiger partial charge on any atom is 0.387 e. The number of benzene rings is 1. The van der Waals surface area contributed by atoms with Crippen molar-refractivity contribution in [1.29, 1.82) is 0 Å². The van der Waals surface area contributed by atoms with Gasteiger partial charge in [-0.15, -0.1) is 0 Å². The average Bonchev–Trinajstić information content (AvgIpc) is 2.64. The third-order valence-corrected chi connectivity index (χ3v) is 5.58. The summed E-state index contributed by atoms with van der Waals surface area (Å²) in [6.07, 6.45) is 4.29. The first-order chi connectivity index (χ1) is 14.3. The number of amides is 2. The van der Waals surface area contributed by atoms with Crippen LogP contribution in [0, 0.1) is 5.92 Å². The van der Waals surface area contributed by atoms with Crippen LogP contribution < -0.4 is 20.1 Å². The molecule has 2 aromatic rings. The summed E-state index contributed by atoms with van der Waals surface area (Å²) >= 11 is 12.1. The fraction of sp³-hybridized carbons (Fsp3) is 0.316. The van der Waals surface area contributed by atoms with Crippen molar-refractivity contribution >= 4 is 46.4 Å². The van der Waals surface area contributed by atoms with Crippen molar-refractivity contribution < 1.29 is 27.8 Å². The molecule has 1 aliphatic heterocycles. The second-order valence-corrected chi connectivity index (χ2v) is 7.66. The summed E-state index contributed by atoms with van der Waals surface area (Å²) in [5.41, 5.74) is 0.0267. The van der Waals surface area contributed by atoms with E-state index in [0.717, 1.165) is 19.3 Å². The van der Waals surface area contributed by atoms with Gasteiger partial charge in [-0.1, -0.05) is 29.6 Å². The van der Waals surface area contributed by atoms with Gasteiger partial charge in [0.05, 0.1) is 21.3 Å². The molecule has 158 valence electrons. The molecular formula is C19H15Cl2F2N3O4. The second-order valence-electron chi connectivity index (χ2n) is 6.84. The number of fused-ring (bicyclic) bond motifs is 1. The number of nitrogens with zero attached hydrogens (tertiary/aromatic N) is 1. The molecule has 1 aromatic carbocycles. The molecule has 0 radical (unpaired) electrons. The van der Waals surface area contributed by atoms with Crippen LogP contribution in [0.3, 0.4) is 0 Å². The summed E-state index contributed by atoms with van der Waals surface area (Å²) in [7, 11) is 0. The summed E-state index contributed by atoms with van der Waals surface area (Å²) in [5.74, 6) is -1.55. The Balaban J connectivity index is 1.71. The van der Waals surface area contributed by atoms with Crippen LogP contribution in [0.4, 0.5) is 20.2 Å². The van der Waals surface area contributed by atoms with Gasteiger partial charge in [0.25, 0.3) is 11.8 Å². The van der Waals surface area contributed by atoms with E-state index in [9.17, 15) is 18.4 Å². The van der Waals surface area contributed by atoms with Gasteiger partial charge < -0.3 is 20.1 Å². The first-order valence-electron chi connectivity index (χ1n) is 9.05. The maximum atomic E-state index is 12.9. The number of nitrogens with one attached hydrogen (secondary N) is 2. The zero-order valence-corrected chi connectivity index (χ0v) is 16.8. The molecule has 1 aromatic heterocycles. The highest BCUT2D eigenvalue weighted by molar-refractivity contribution is 6.39. The highest BCUT2D eigenvalue weighted by atomic mass is 35.5. The van der Waals surface area contributed by atoms with E-state index >= 15 is 0 Å². The Kier molecular flexibility index (Phi) is 5.66. The number of aromatic nitrogens is 1. The Morgan fingerprint density at radius 3 is 2.57 bits per heavy atom. The Labute approximate surface area is 179 Å². The quantitative estimate of drug-likeness (QED) is 0.676. The molecule has 0 spiro atoms. The Morgan fingerprint density at radius 1 is 1.27 bits per heavy atom. The van der Waals surface area contributed by atoms with E-state index < -0.39 is 24.5 Å². The minimum absolute atomic E-state index is 0.0236. The van der Waals surface area contributed by atoms with Crippen LogP contribution in [-0.2, 0) is 4.79 Å². The van der Waals surface area contributed by atoms with Gasteiger partial charge in [0.1, 0.15) is 5.69 Å². The van der Waals surface area contributed by atoms with Gasteiger partial charge in [0.15, 0.2) is 17.6 Å². The molecule has 0 unspecified atom stereocenters. The molecule has 2 N–H and O–H groups in total. The number of anilines is 2. The average molecular weight is 458 g/mol. The topological polar surface area (TPSA) is 89.5 Å². The van der Waals surface area contributed by atoms with Gasteiger partial charge in [-0.05, 0) is 25.0 Å². The fourth-order valence-electron chi connectivity index (χ4n) is 3.32. The van der Waals surface area contributed by atoms with E-state index in [1.165, 1.54) is 24.5 Å². The molecule has 0 bridgehead atoms. The third kappa shape index (κ3) is 3.87. The van der Waals surface area contributed by atoms with Crippen molar-refractivity contribution in [3.63, 3.8) is 0 Å². The molecule has 1 atom stereocenters. The van der Waals surface area contributed by atoms with Gasteiger partial charge in [0, 0.05) is 18.3 Å². The molecule has 0 saturated heterocycles. The summed E-state index contributed by atoms with van der Waals surface area (Å²) in [4.78, 5) is 29.2. The fourth-order valence-corrected chi connectivity index (χ4v) is 3.78. The zero-order valence-electron chi connectivity index (χ0n) is 15.3. The van der Waals surface area contributed by atoms with Crippen molar-refractivity contribution in [3.8, 4) is 11.5 Å². The van der Waals surface area contributed by atoms with E-state index in [4.69, 9.17) is 27.9 Å². The molecule has 1 aliphatic carbocycles. The van der Waals surface area contributed by atoms with E-state index in [-0.39, 0.29) is 44.4 Å². The van der Waals surface area contributed by atoms with E-state index in [2.05, 4.69) is 20.4 Å². The molecule has 7 nitrogen and oxygen atoms in total. The molecular weight excluding hydrogens is 443 g/mol. The molecule has 1 fully saturated rings. The normalized spacial score (nSPS) is 18.2. The molecule has 30 heavy (non-hydrogen) atoms. The predicted molar refractivity (Wildman–Crippen MR) is 106 cm³/mol. The van der Waals surface area contributed by atoms with Gasteiger partial charge in [-0.25, -0.2) is 0 Å². The lowest BCUT2D eigenvalue weighted by molar-refractivity contribution is -0.127. The van der Waals surface area contributed by atoms with Crippen molar-refractivity contribution in [2.75, 3.05) is 10.6 Å². The first-order valence-corrected chi connectivity index (χ1v) is 9.80. The van der Waals surface area contributed by atoms with Crippen LogP contribution in [-0.4, -0.2) is 29.5 Å². The van der Waals surface area contributed by atoms with Gasteiger partial charge in [-0.3, -0.25) is 14.6 Å². The first kappa shape index (κ1) is 20.6. The summed E-state index contributed by atoms with van der Waals surface area (Å²) in [6, 6.07) is 2.42. The minimum atomic E-state index is -3.11. The van der Waals surface area contributed by atoms with Crippen molar-refractivity contribution in [2.45, 2.75) is 32.0 Å². The standard InChI is InChI=1S/C19H15Cl2F2N3O4/c20-10-6-24-7-11(21)14(10)26-17(27)9-4-5-12(29-19(22)23)16-13(9)25-18(28)15(30-16)8-2-1-3-8/h4-8,15,19H,1-3H2,(H,25,28)(H,24,26,27)/t15-/m0/s1. The molecule has 11 heteroatoms. The number of rotatable bonds is 5. The molecule has 2 aliphatic rings. The number of hydrogen-bond acceptors (Lipinski definition) is 5. The molecule has 1 saturated carbocycles. The summed E-state index contributed by atoms with van der Waals surface area (Å²) < 4.78 is 36.0. The largest absolute Gasteiger partial charge is 0.474 e. The highest BCUT2D eigenvalue weighted by Gasteiger charge is 2.40. The van der Waals surface area contributed by atoms with Crippen molar-refractivity contribution in [3.05, 3.63) is 40.1 Å². The summed E-state index contributed by atoms with van der Waals surface area (Å²) in [6.45, 7) is -3.11. The van der Waals surface area contributed by atoms with E-state index in [1.54, 1.807) is 0 Å². The molecule has 2 heterocycles. The lowest BCUT2D eigenvalue weighted by atomic mass is 9.80. The van der Waals surface area contributed by atoms with Crippen LogP contribution >= 0.6 is 23.2 Å². The SMILES string of the molecule is O=C(Nc1c(Cl)cncc1Cl)c1ccc(OC(F)F)c2c1NC(=O)[C@H](C1CCC1)O2. The molecule has 4 rings (SSSR count). The number of carbonyl (C=O) groups excluding carboxylic acids is 2.